The summed E-state index contributed by atoms with van der Waals surface area (Å²) in [6.45, 7) is 3.81. The third-order valence-corrected chi connectivity index (χ3v) is 5.17. The topological polar surface area (TPSA) is 77.5 Å². The van der Waals surface area contributed by atoms with Crippen molar-refractivity contribution in [1.82, 2.24) is 4.57 Å². The molecular formula is C22H32N2O3. The summed E-state index contributed by atoms with van der Waals surface area (Å²) in [4.78, 5) is 12.6. The molecule has 0 fully saturated rings. The largest absolute Gasteiger partial charge is 0.496 e. The van der Waals surface area contributed by atoms with Gasteiger partial charge in [-0.15, -0.1) is 0 Å². The van der Waals surface area contributed by atoms with Gasteiger partial charge in [0.15, 0.2) is 5.78 Å². The molecule has 0 saturated heterocycles. The van der Waals surface area contributed by atoms with Crippen LogP contribution in [0.15, 0.2) is 30.3 Å². The minimum atomic E-state index is -0.594. The van der Waals surface area contributed by atoms with Gasteiger partial charge in [0.1, 0.15) is 5.75 Å². The summed E-state index contributed by atoms with van der Waals surface area (Å²) < 4.78 is 7.31. The van der Waals surface area contributed by atoms with Crippen LogP contribution in [0.25, 0.3) is 0 Å². The van der Waals surface area contributed by atoms with Crippen LogP contribution in [0.1, 0.15) is 53.5 Å². The van der Waals surface area contributed by atoms with Crippen molar-refractivity contribution in [3.63, 3.8) is 0 Å². The molecule has 0 aliphatic heterocycles. The molecule has 5 nitrogen and oxygen atoms in total. The molecule has 1 aromatic carbocycles. The zero-order valence-electron chi connectivity index (χ0n) is 16.9. The number of rotatable bonds is 10. The molecule has 0 saturated carbocycles. The highest BCUT2D eigenvalue weighted by Gasteiger charge is 2.19. The molecule has 27 heavy (non-hydrogen) atoms. The minimum Gasteiger partial charge on any atom is -0.496 e. The first kappa shape index (κ1) is 21.2. The zero-order chi connectivity index (χ0) is 20.0. The summed E-state index contributed by atoms with van der Waals surface area (Å²) in [6, 6.07) is 10.1. The number of ether oxygens (including phenoxy) is 1. The fourth-order valence-corrected chi connectivity index (χ4v) is 3.18. The smallest absolute Gasteiger partial charge is 0.179 e. The fraction of sp³-hybridized carbons (Fsp3) is 0.500. The molecule has 0 bridgehead atoms. The summed E-state index contributed by atoms with van der Waals surface area (Å²) in [6.07, 6.45) is 3.57. The number of aliphatic hydroxyl groups excluding tert-OH is 1. The van der Waals surface area contributed by atoms with Crippen molar-refractivity contribution in [3.05, 3.63) is 52.8 Å². The fourth-order valence-electron chi connectivity index (χ4n) is 3.18. The van der Waals surface area contributed by atoms with E-state index < -0.39 is 5.54 Å². The summed E-state index contributed by atoms with van der Waals surface area (Å²) in [5.41, 5.74) is 9.49. The van der Waals surface area contributed by atoms with Gasteiger partial charge in [-0.1, -0.05) is 12.1 Å². The number of aliphatic hydroxyl groups is 1. The first-order valence-corrected chi connectivity index (χ1v) is 9.48. The van der Waals surface area contributed by atoms with Gasteiger partial charge in [0.2, 0.25) is 0 Å². The predicted octanol–water partition coefficient (Wildman–Crippen LogP) is 3.19. The van der Waals surface area contributed by atoms with Crippen LogP contribution in [0, 0.1) is 6.92 Å². The molecule has 0 aliphatic rings. The van der Waals surface area contributed by atoms with E-state index >= 15 is 0 Å². The van der Waals surface area contributed by atoms with E-state index in [1.807, 2.05) is 43.7 Å². The maximum Gasteiger partial charge on any atom is 0.179 e. The highest BCUT2D eigenvalue weighted by atomic mass is 16.5. The highest BCUT2D eigenvalue weighted by Crippen LogP contribution is 2.21. The van der Waals surface area contributed by atoms with Crippen LogP contribution in [0.5, 0.6) is 5.75 Å². The van der Waals surface area contributed by atoms with Crippen molar-refractivity contribution in [3.8, 4) is 5.75 Å². The number of aryl methyl sites for hydroxylation is 3. The number of hydrogen-bond donors (Lipinski definition) is 2. The number of carbonyl (C=O) groups excluding carboxylic acids is 1. The van der Waals surface area contributed by atoms with Gasteiger partial charge in [-0.3, -0.25) is 4.79 Å². The lowest BCUT2D eigenvalue weighted by Crippen LogP contribution is -2.40. The second-order valence-corrected chi connectivity index (χ2v) is 7.66. The van der Waals surface area contributed by atoms with E-state index in [-0.39, 0.29) is 12.4 Å². The predicted molar refractivity (Wildman–Crippen MR) is 108 cm³/mol. The van der Waals surface area contributed by atoms with E-state index in [0.717, 1.165) is 42.0 Å². The number of carbonyl (C=O) groups is 1. The molecule has 5 heteroatoms. The molecule has 1 atom stereocenters. The third-order valence-electron chi connectivity index (χ3n) is 5.17. The maximum atomic E-state index is 12.6. The van der Waals surface area contributed by atoms with Gasteiger partial charge in [0.05, 0.1) is 19.4 Å². The number of hydrogen-bond acceptors (Lipinski definition) is 4. The highest BCUT2D eigenvalue weighted by molar-refractivity contribution is 5.94. The molecular weight excluding hydrogens is 340 g/mol. The van der Waals surface area contributed by atoms with E-state index in [2.05, 4.69) is 12.1 Å². The quantitative estimate of drug-likeness (QED) is 0.628. The lowest BCUT2D eigenvalue weighted by molar-refractivity contribution is 0.0972. The summed E-state index contributed by atoms with van der Waals surface area (Å²) >= 11 is 0. The van der Waals surface area contributed by atoms with Gasteiger partial charge in [-0.25, -0.2) is 0 Å². The Hall–Kier alpha value is -2.11. The van der Waals surface area contributed by atoms with Gasteiger partial charge < -0.3 is 20.1 Å². The van der Waals surface area contributed by atoms with E-state index in [4.69, 9.17) is 10.5 Å². The van der Waals surface area contributed by atoms with Crippen LogP contribution >= 0.6 is 0 Å². The summed E-state index contributed by atoms with van der Waals surface area (Å²) in [5, 5.41) is 9.28. The Kier molecular flexibility index (Phi) is 7.22. The zero-order valence-corrected chi connectivity index (χ0v) is 16.9. The number of nitrogens with zero attached hydrogens (tertiary/aromatic N) is 1. The third kappa shape index (κ3) is 5.68. The Morgan fingerprint density at radius 1 is 1.26 bits per heavy atom. The number of aromatic nitrogens is 1. The lowest BCUT2D eigenvalue weighted by atomic mass is 9.97. The van der Waals surface area contributed by atoms with Crippen molar-refractivity contribution in [2.75, 3.05) is 13.7 Å². The Morgan fingerprint density at radius 3 is 2.67 bits per heavy atom. The number of ketones is 1. The first-order valence-electron chi connectivity index (χ1n) is 9.48. The molecule has 0 amide bonds. The maximum absolute atomic E-state index is 12.6. The molecule has 0 unspecified atom stereocenters. The van der Waals surface area contributed by atoms with Crippen LogP contribution in [0.2, 0.25) is 0 Å². The van der Waals surface area contributed by atoms with Gasteiger partial charge >= 0.3 is 0 Å². The van der Waals surface area contributed by atoms with E-state index in [0.29, 0.717) is 12.8 Å². The number of Topliss-reactive ketones (excluding diaryl/α,β-unsaturated/α-hetero) is 1. The monoisotopic (exact) mass is 372 g/mol. The Morgan fingerprint density at radius 2 is 2.00 bits per heavy atom. The summed E-state index contributed by atoms with van der Waals surface area (Å²) in [7, 11) is 3.59. The average molecular weight is 373 g/mol. The Balaban J connectivity index is 1.91. The molecule has 2 aromatic rings. The minimum absolute atomic E-state index is 0.0486. The standard InChI is InChI=1S/C22H32N2O3/c1-16-8-9-17(14-21(16)27-4)6-5-7-20(26)19-11-10-18(24(19)3)12-13-22(2,23)15-25/h8-11,14,25H,5-7,12-13,15,23H2,1-4H3/t22-/m1/s1. The molecule has 3 N–H and O–H groups in total. The number of methoxy groups -OCH3 is 1. The molecule has 148 valence electrons. The molecule has 1 heterocycles. The van der Waals surface area contributed by atoms with Crippen molar-refractivity contribution in [1.29, 1.82) is 0 Å². The molecule has 0 radical (unpaired) electrons. The SMILES string of the molecule is COc1cc(CCCC(=O)c2ccc(CC[C@@](C)(N)CO)n2C)ccc1C. The van der Waals surface area contributed by atoms with E-state index in [1.165, 1.54) is 5.56 Å². The second kappa shape index (κ2) is 9.20. The summed E-state index contributed by atoms with van der Waals surface area (Å²) in [5.74, 6) is 1.04. The van der Waals surface area contributed by atoms with E-state index in [9.17, 15) is 9.90 Å². The van der Waals surface area contributed by atoms with Crippen molar-refractivity contribution in [2.24, 2.45) is 12.8 Å². The first-order chi connectivity index (χ1) is 12.8. The average Bonchev–Trinajstić information content (AvgIpc) is 3.02. The number of nitrogens with two attached hydrogens (primary N) is 1. The van der Waals surface area contributed by atoms with Crippen LogP contribution in [0.3, 0.4) is 0 Å². The van der Waals surface area contributed by atoms with Gasteiger partial charge in [0, 0.05) is 24.7 Å². The molecule has 0 spiro atoms. The van der Waals surface area contributed by atoms with Crippen LogP contribution in [-0.4, -0.2) is 34.7 Å². The Bertz CT molecular complexity index is 778. The van der Waals surface area contributed by atoms with E-state index in [1.54, 1.807) is 7.11 Å². The van der Waals surface area contributed by atoms with Crippen molar-refractivity contribution < 1.29 is 14.6 Å². The van der Waals surface area contributed by atoms with Crippen molar-refractivity contribution in [2.45, 2.75) is 51.5 Å². The van der Waals surface area contributed by atoms with Crippen molar-refractivity contribution >= 4 is 5.78 Å². The van der Waals surface area contributed by atoms with Crippen LogP contribution in [0.4, 0.5) is 0 Å². The lowest BCUT2D eigenvalue weighted by Gasteiger charge is -2.21. The number of benzene rings is 1. The Labute approximate surface area is 162 Å². The molecule has 0 aliphatic carbocycles. The normalized spacial score (nSPS) is 13.4. The van der Waals surface area contributed by atoms with Crippen LogP contribution < -0.4 is 10.5 Å². The van der Waals surface area contributed by atoms with Gasteiger partial charge in [-0.2, -0.15) is 0 Å². The molecule has 2 rings (SSSR count). The van der Waals surface area contributed by atoms with Crippen LogP contribution in [-0.2, 0) is 19.9 Å². The molecule has 1 aromatic heterocycles. The van der Waals surface area contributed by atoms with Gasteiger partial charge in [-0.05, 0) is 68.9 Å². The second-order valence-electron chi connectivity index (χ2n) is 7.66. The van der Waals surface area contributed by atoms with Gasteiger partial charge in [0.25, 0.3) is 0 Å².